The van der Waals surface area contributed by atoms with Gasteiger partial charge in [-0.2, -0.15) is 0 Å². The molecular weight excluding hydrogens is 291 g/mol. The normalized spacial score (nSPS) is 11.4. The van der Waals surface area contributed by atoms with Crippen molar-refractivity contribution in [3.8, 4) is 0 Å². The zero-order valence-corrected chi connectivity index (χ0v) is 12.5. The molecule has 2 aromatic rings. The summed E-state index contributed by atoms with van der Waals surface area (Å²) in [7, 11) is -2.17. The van der Waals surface area contributed by atoms with Crippen LogP contribution >= 0.6 is 0 Å². The van der Waals surface area contributed by atoms with Gasteiger partial charge in [0.15, 0.2) is 0 Å². The first-order chi connectivity index (χ1) is 9.92. The average molecular weight is 308 g/mol. The van der Waals surface area contributed by atoms with Crippen LogP contribution in [0.25, 0.3) is 0 Å². The van der Waals surface area contributed by atoms with Crippen molar-refractivity contribution in [2.24, 2.45) is 5.73 Å². The number of anilines is 1. The molecule has 112 valence electrons. The van der Waals surface area contributed by atoms with E-state index in [0.717, 1.165) is 9.87 Å². The van der Waals surface area contributed by atoms with Gasteiger partial charge in [0.05, 0.1) is 11.4 Å². The van der Waals surface area contributed by atoms with E-state index in [-0.39, 0.29) is 5.75 Å². The summed E-state index contributed by atoms with van der Waals surface area (Å²) in [4.78, 5) is 0. The van der Waals surface area contributed by atoms with Crippen LogP contribution in [0.2, 0.25) is 0 Å². The van der Waals surface area contributed by atoms with Crippen molar-refractivity contribution in [3.05, 3.63) is 65.5 Å². The van der Waals surface area contributed by atoms with Gasteiger partial charge in [0.2, 0.25) is 10.0 Å². The molecule has 0 heterocycles. The van der Waals surface area contributed by atoms with Gasteiger partial charge < -0.3 is 5.73 Å². The standard InChI is InChI=1S/C15H17FN2O2S/c1-18(15-7-3-6-14(16)9-15)21(19,20)11-13-5-2-4-12(8-13)10-17/h2-9H,10-11,17H2,1H3. The zero-order chi connectivity index (χ0) is 15.5. The molecule has 0 fully saturated rings. The highest BCUT2D eigenvalue weighted by atomic mass is 32.2. The maximum absolute atomic E-state index is 13.2. The van der Waals surface area contributed by atoms with Crippen molar-refractivity contribution in [1.82, 2.24) is 0 Å². The van der Waals surface area contributed by atoms with E-state index in [9.17, 15) is 12.8 Å². The second-order valence-electron chi connectivity index (χ2n) is 4.73. The van der Waals surface area contributed by atoms with Gasteiger partial charge in [-0.05, 0) is 29.3 Å². The fourth-order valence-electron chi connectivity index (χ4n) is 1.99. The molecule has 0 bridgehead atoms. The summed E-state index contributed by atoms with van der Waals surface area (Å²) in [6.45, 7) is 0.355. The highest BCUT2D eigenvalue weighted by Crippen LogP contribution is 2.20. The van der Waals surface area contributed by atoms with Gasteiger partial charge >= 0.3 is 0 Å². The predicted molar refractivity (Wildman–Crippen MR) is 81.8 cm³/mol. The predicted octanol–water partition coefficient (Wildman–Crippen LogP) is 2.25. The summed E-state index contributed by atoms with van der Waals surface area (Å²) in [5, 5.41) is 0. The lowest BCUT2D eigenvalue weighted by Crippen LogP contribution is -2.28. The van der Waals surface area contributed by atoms with Gasteiger partial charge in [-0.15, -0.1) is 0 Å². The van der Waals surface area contributed by atoms with Gasteiger partial charge in [0.25, 0.3) is 0 Å². The Morgan fingerprint density at radius 2 is 1.76 bits per heavy atom. The van der Waals surface area contributed by atoms with Crippen molar-refractivity contribution in [2.45, 2.75) is 12.3 Å². The Hall–Kier alpha value is -1.92. The van der Waals surface area contributed by atoms with E-state index < -0.39 is 15.8 Å². The number of rotatable bonds is 5. The van der Waals surface area contributed by atoms with Crippen LogP contribution in [-0.2, 0) is 22.3 Å². The van der Waals surface area contributed by atoms with Gasteiger partial charge in [-0.3, -0.25) is 4.31 Å². The van der Waals surface area contributed by atoms with E-state index in [1.54, 1.807) is 24.3 Å². The summed E-state index contributed by atoms with van der Waals surface area (Å²) >= 11 is 0. The number of benzene rings is 2. The molecule has 2 aromatic carbocycles. The summed E-state index contributed by atoms with van der Waals surface area (Å²) in [6.07, 6.45) is 0. The van der Waals surface area contributed by atoms with E-state index in [4.69, 9.17) is 5.73 Å². The number of nitrogens with two attached hydrogens (primary N) is 1. The Balaban J connectivity index is 2.25. The molecule has 0 saturated heterocycles. The van der Waals surface area contributed by atoms with Crippen molar-refractivity contribution < 1.29 is 12.8 Å². The van der Waals surface area contributed by atoms with Crippen LogP contribution in [0.3, 0.4) is 0 Å². The van der Waals surface area contributed by atoms with E-state index >= 15 is 0 Å². The molecule has 0 amide bonds. The molecule has 0 aliphatic rings. The minimum atomic E-state index is -3.58. The first-order valence-electron chi connectivity index (χ1n) is 6.42. The van der Waals surface area contributed by atoms with Crippen LogP contribution in [0.1, 0.15) is 11.1 Å². The van der Waals surface area contributed by atoms with Crippen LogP contribution in [0.5, 0.6) is 0 Å². The highest BCUT2D eigenvalue weighted by molar-refractivity contribution is 7.92. The molecule has 0 aromatic heterocycles. The zero-order valence-electron chi connectivity index (χ0n) is 11.7. The third-order valence-electron chi connectivity index (χ3n) is 3.17. The Labute approximate surface area is 124 Å². The molecule has 0 aliphatic carbocycles. The van der Waals surface area contributed by atoms with Crippen LogP contribution in [0.15, 0.2) is 48.5 Å². The topological polar surface area (TPSA) is 63.4 Å². The Bertz CT molecular complexity index is 732. The summed E-state index contributed by atoms with van der Waals surface area (Å²) in [6, 6.07) is 12.6. The maximum Gasteiger partial charge on any atom is 0.239 e. The first kappa shape index (κ1) is 15.5. The fraction of sp³-hybridized carbons (Fsp3) is 0.200. The van der Waals surface area contributed by atoms with Crippen LogP contribution in [0.4, 0.5) is 10.1 Å². The van der Waals surface area contributed by atoms with Crippen LogP contribution in [-0.4, -0.2) is 15.5 Å². The molecule has 6 heteroatoms. The molecule has 4 nitrogen and oxygen atoms in total. The van der Waals surface area contributed by atoms with E-state index in [1.165, 1.54) is 25.2 Å². The molecule has 21 heavy (non-hydrogen) atoms. The molecule has 0 saturated carbocycles. The molecule has 0 radical (unpaired) electrons. The lowest BCUT2D eigenvalue weighted by atomic mass is 10.1. The number of hydrogen-bond donors (Lipinski definition) is 1. The lowest BCUT2D eigenvalue weighted by molar-refractivity contribution is 0.593. The number of halogens is 1. The second-order valence-corrected chi connectivity index (χ2v) is 6.73. The van der Waals surface area contributed by atoms with Crippen molar-refractivity contribution in [2.75, 3.05) is 11.4 Å². The summed E-state index contributed by atoms with van der Waals surface area (Å²) < 4.78 is 39.1. The minimum absolute atomic E-state index is 0.159. The van der Waals surface area contributed by atoms with Crippen LogP contribution in [0, 0.1) is 5.82 Å². The van der Waals surface area contributed by atoms with Gasteiger partial charge in [0.1, 0.15) is 5.82 Å². The molecule has 0 unspecified atom stereocenters. The lowest BCUT2D eigenvalue weighted by Gasteiger charge is -2.19. The van der Waals surface area contributed by atoms with Gasteiger partial charge in [-0.1, -0.05) is 30.3 Å². The Kier molecular flexibility index (Phi) is 4.59. The van der Waals surface area contributed by atoms with Crippen molar-refractivity contribution in [1.29, 1.82) is 0 Å². The average Bonchev–Trinajstić information content (AvgIpc) is 2.46. The van der Waals surface area contributed by atoms with E-state index in [1.807, 2.05) is 6.07 Å². The van der Waals surface area contributed by atoms with Crippen LogP contribution < -0.4 is 10.0 Å². The summed E-state index contributed by atoms with van der Waals surface area (Å²) in [5.74, 6) is -0.631. The second kappa shape index (κ2) is 6.24. The number of sulfonamides is 1. The van der Waals surface area contributed by atoms with E-state index in [2.05, 4.69) is 0 Å². The number of hydrogen-bond acceptors (Lipinski definition) is 3. The quantitative estimate of drug-likeness (QED) is 0.921. The molecule has 0 atom stereocenters. The largest absolute Gasteiger partial charge is 0.326 e. The number of nitrogens with zero attached hydrogens (tertiary/aromatic N) is 1. The third-order valence-corrected chi connectivity index (χ3v) is 4.91. The smallest absolute Gasteiger partial charge is 0.239 e. The molecule has 2 rings (SSSR count). The molecule has 0 aliphatic heterocycles. The Morgan fingerprint density at radius 3 is 2.43 bits per heavy atom. The molecular formula is C15H17FN2O2S. The van der Waals surface area contributed by atoms with Crippen molar-refractivity contribution in [3.63, 3.8) is 0 Å². The highest BCUT2D eigenvalue weighted by Gasteiger charge is 2.19. The minimum Gasteiger partial charge on any atom is -0.326 e. The fourth-order valence-corrected chi connectivity index (χ4v) is 3.22. The maximum atomic E-state index is 13.2. The SMILES string of the molecule is CN(c1cccc(F)c1)S(=O)(=O)Cc1cccc(CN)c1. The Morgan fingerprint density at radius 1 is 1.10 bits per heavy atom. The first-order valence-corrected chi connectivity index (χ1v) is 8.03. The third kappa shape index (κ3) is 3.80. The van der Waals surface area contributed by atoms with Gasteiger partial charge in [0, 0.05) is 13.6 Å². The summed E-state index contributed by atoms with van der Waals surface area (Å²) in [5.41, 5.74) is 7.37. The molecule has 0 spiro atoms. The van der Waals surface area contributed by atoms with Gasteiger partial charge in [-0.25, -0.2) is 12.8 Å². The monoisotopic (exact) mass is 308 g/mol. The molecule has 2 N–H and O–H groups in total. The van der Waals surface area contributed by atoms with Crippen molar-refractivity contribution >= 4 is 15.7 Å². The van der Waals surface area contributed by atoms with E-state index in [0.29, 0.717) is 17.8 Å².